The van der Waals surface area contributed by atoms with Crippen LogP contribution in [-0.4, -0.2) is 34.4 Å². The minimum Gasteiger partial charge on any atom is -0.478 e. The third kappa shape index (κ3) is 3.41. The van der Waals surface area contributed by atoms with Crippen LogP contribution in [0.5, 0.6) is 0 Å². The van der Waals surface area contributed by atoms with Gasteiger partial charge in [-0.15, -0.1) is 5.10 Å². The van der Waals surface area contributed by atoms with E-state index in [0.29, 0.717) is 11.7 Å². The fourth-order valence-corrected chi connectivity index (χ4v) is 1.80. The van der Waals surface area contributed by atoms with E-state index in [9.17, 15) is 4.79 Å². The van der Waals surface area contributed by atoms with Crippen molar-refractivity contribution in [2.45, 2.75) is 33.2 Å². The van der Waals surface area contributed by atoms with Crippen molar-refractivity contribution < 1.29 is 9.90 Å². The van der Waals surface area contributed by atoms with Gasteiger partial charge in [0.25, 0.3) is 0 Å². The average molecular weight is 237 g/mol. The van der Waals surface area contributed by atoms with E-state index in [-0.39, 0.29) is 11.6 Å². The van der Waals surface area contributed by atoms with Gasteiger partial charge in [0.2, 0.25) is 0 Å². The third-order valence-electron chi connectivity index (χ3n) is 2.74. The van der Waals surface area contributed by atoms with E-state index >= 15 is 0 Å². The Kier molecular flexibility index (Phi) is 4.43. The van der Waals surface area contributed by atoms with E-state index < -0.39 is 5.97 Å². The minimum atomic E-state index is -0.974. The van der Waals surface area contributed by atoms with Crippen molar-refractivity contribution in [3.63, 3.8) is 0 Å². The van der Waals surface area contributed by atoms with Gasteiger partial charge in [0, 0.05) is 13.1 Å². The molecule has 0 aliphatic rings. The SMILES string of the molecule is CC(C)CC(C)N(C)c1nnccc1C(=O)O. The maximum absolute atomic E-state index is 11.1. The predicted molar refractivity (Wildman–Crippen MR) is 66.3 cm³/mol. The Morgan fingerprint density at radius 2 is 2.12 bits per heavy atom. The normalized spacial score (nSPS) is 12.5. The molecule has 1 rings (SSSR count). The van der Waals surface area contributed by atoms with Crippen LogP contribution in [-0.2, 0) is 0 Å². The molecule has 0 aromatic carbocycles. The summed E-state index contributed by atoms with van der Waals surface area (Å²) in [6, 6.07) is 1.70. The number of carbonyl (C=O) groups is 1. The highest BCUT2D eigenvalue weighted by Gasteiger charge is 2.19. The minimum absolute atomic E-state index is 0.193. The lowest BCUT2D eigenvalue weighted by atomic mass is 10.0. The van der Waals surface area contributed by atoms with Gasteiger partial charge in [-0.25, -0.2) is 4.79 Å². The first-order valence-corrected chi connectivity index (χ1v) is 5.71. The number of rotatable bonds is 5. The van der Waals surface area contributed by atoms with Crippen molar-refractivity contribution in [1.82, 2.24) is 10.2 Å². The molecule has 0 fully saturated rings. The average Bonchev–Trinajstić information content (AvgIpc) is 2.27. The zero-order valence-electron chi connectivity index (χ0n) is 10.7. The first-order chi connectivity index (χ1) is 7.93. The Bertz CT molecular complexity index is 393. The fourth-order valence-electron chi connectivity index (χ4n) is 1.80. The lowest BCUT2D eigenvalue weighted by molar-refractivity contribution is 0.0697. The summed E-state index contributed by atoms with van der Waals surface area (Å²) in [5, 5.41) is 16.8. The van der Waals surface area contributed by atoms with Gasteiger partial charge in [-0.2, -0.15) is 5.10 Å². The van der Waals surface area contributed by atoms with E-state index in [1.54, 1.807) is 0 Å². The summed E-state index contributed by atoms with van der Waals surface area (Å²) in [5.41, 5.74) is 0.193. The van der Waals surface area contributed by atoms with Crippen molar-refractivity contribution >= 4 is 11.8 Å². The van der Waals surface area contributed by atoms with Gasteiger partial charge in [0.15, 0.2) is 5.82 Å². The molecule has 1 atom stereocenters. The number of aromatic nitrogens is 2. The first kappa shape index (κ1) is 13.4. The smallest absolute Gasteiger partial charge is 0.339 e. The molecule has 5 nitrogen and oxygen atoms in total. The topological polar surface area (TPSA) is 66.3 Å². The molecule has 0 radical (unpaired) electrons. The molecular formula is C12H19N3O2. The van der Waals surface area contributed by atoms with Crippen LogP contribution in [0.15, 0.2) is 12.3 Å². The molecule has 0 saturated carbocycles. The first-order valence-electron chi connectivity index (χ1n) is 5.71. The van der Waals surface area contributed by atoms with Gasteiger partial charge in [-0.3, -0.25) is 0 Å². The summed E-state index contributed by atoms with van der Waals surface area (Å²) < 4.78 is 0. The molecule has 0 aliphatic heterocycles. The Labute approximate surface area is 101 Å². The monoisotopic (exact) mass is 237 g/mol. The molecular weight excluding hydrogens is 218 g/mol. The zero-order chi connectivity index (χ0) is 13.0. The summed E-state index contributed by atoms with van der Waals surface area (Å²) in [6.45, 7) is 6.33. The van der Waals surface area contributed by atoms with E-state index in [1.807, 2.05) is 11.9 Å². The molecule has 1 aromatic rings. The van der Waals surface area contributed by atoms with Crippen LogP contribution in [0.25, 0.3) is 0 Å². The molecule has 0 saturated heterocycles. The van der Waals surface area contributed by atoms with Gasteiger partial charge in [-0.05, 0) is 25.3 Å². The Balaban J connectivity index is 2.95. The van der Waals surface area contributed by atoms with Crippen LogP contribution in [0.3, 0.4) is 0 Å². The second-order valence-corrected chi connectivity index (χ2v) is 4.66. The molecule has 17 heavy (non-hydrogen) atoms. The highest BCUT2D eigenvalue weighted by atomic mass is 16.4. The lowest BCUT2D eigenvalue weighted by Gasteiger charge is -2.27. The standard InChI is InChI=1S/C12H19N3O2/c1-8(2)7-9(3)15(4)11-10(12(16)17)5-6-13-14-11/h5-6,8-9H,7H2,1-4H3,(H,16,17). The molecule has 94 valence electrons. The van der Waals surface area contributed by atoms with Gasteiger partial charge in [-0.1, -0.05) is 13.8 Å². The third-order valence-corrected chi connectivity index (χ3v) is 2.74. The molecule has 0 aliphatic carbocycles. The summed E-state index contributed by atoms with van der Waals surface area (Å²) in [6.07, 6.45) is 2.38. The van der Waals surface area contributed by atoms with Crippen molar-refractivity contribution in [2.75, 3.05) is 11.9 Å². The Morgan fingerprint density at radius 3 is 2.65 bits per heavy atom. The van der Waals surface area contributed by atoms with Crippen LogP contribution in [0.2, 0.25) is 0 Å². The fraction of sp³-hybridized carbons (Fsp3) is 0.583. The zero-order valence-corrected chi connectivity index (χ0v) is 10.7. The lowest BCUT2D eigenvalue weighted by Crippen LogP contribution is -2.32. The van der Waals surface area contributed by atoms with E-state index in [4.69, 9.17) is 5.11 Å². The quantitative estimate of drug-likeness (QED) is 0.849. The molecule has 0 spiro atoms. The number of anilines is 1. The van der Waals surface area contributed by atoms with E-state index in [0.717, 1.165) is 6.42 Å². The molecule has 1 heterocycles. The van der Waals surface area contributed by atoms with Gasteiger partial charge in [0.1, 0.15) is 5.56 Å². The molecule has 0 bridgehead atoms. The van der Waals surface area contributed by atoms with Crippen LogP contribution in [0.1, 0.15) is 37.6 Å². The molecule has 1 aromatic heterocycles. The number of hydrogen-bond donors (Lipinski definition) is 1. The van der Waals surface area contributed by atoms with E-state index in [2.05, 4.69) is 31.0 Å². The molecule has 1 unspecified atom stereocenters. The molecule has 0 amide bonds. The molecule has 5 heteroatoms. The number of carboxylic acids is 1. The van der Waals surface area contributed by atoms with Crippen molar-refractivity contribution in [3.05, 3.63) is 17.8 Å². The van der Waals surface area contributed by atoms with Crippen molar-refractivity contribution in [3.8, 4) is 0 Å². The van der Waals surface area contributed by atoms with Crippen molar-refractivity contribution in [2.24, 2.45) is 5.92 Å². The van der Waals surface area contributed by atoms with Crippen LogP contribution < -0.4 is 4.90 Å². The van der Waals surface area contributed by atoms with Crippen LogP contribution in [0, 0.1) is 5.92 Å². The van der Waals surface area contributed by atoms with Crippen LogP contribution >= 0.6 is 0 Å². The number of carboxylic acid groups (broad SMARTS) is 1. The highest BCUT2D eigenvalue weighted by molar-refractivity contribution is 5.93. The second-order valence-electron chi connectivity index (χ2n) is 4.66. The van der Waals surface area contributed by atoms with Gasteiger partial charge < -0.3 is 10.0 Å². The van der Waals surface area contributed by atoms with Crippen molar-refractivity contribution in [1.29, 1.82) is 0 Å². The highest BCUT2D eigenvalue weighted by Crippen LogP contribution is 2.20. The maximum Gasteiger partial charge on any atom is 0.339 e. The summed E-state index contributed by atoms with van der Waals surface area (Å²) >= 11 is 0. The second kappa shape index (κ2) is 5.61. The summed E-state index contributed by atoms with van der Waals surface area (Å²) in [5.74, 6) is 0.00375. The van der Waals surface area contributed by atoms with Gasteiger partial charge in [0.05, 0.1) is 6.20 Å². The Morgan fingerprint density at radius 1 is 1.47 bits per heavy atom. The van der Waals surface area contributed by atoms with E-state index in [1.165, 1.54) is 12.3 Å². The number of nitrogens with zero attached hydrogens (tertiary/aromatic N) is 3. The maximum atomic E-state index is 11.1. The number of hydrogen-bond acceptors (Lipinski definition) is 4. The predicted octanol–water partition coefficient (Wildman–Crippen LogP) is 2.05. The number of aromatic carboxylic acids is 1. The van der Waals surface area contributed by atoms with Crippen LogP contribution in [0.4, 0.5) is 5.82 Å². The Hall–Kier alpha value is -1.65. The molecule has 1 N–H and O–H groups in total. The summed E-state index contributed by atoms with van der Waals surface area (Å²) in [7, 11) is 1.85. The van der Waals surface area contributed by atoms with Gasteiger partial charge >= 0.3 is 5.97 Å². The largest absolute Gasteiger partial charge is 0.478 e. The summed E-state index contributed by atoms with van der Waals surface area (Å²) in [4.78, 5) is 12.9.